The molecule has 2 aromatic heterocycles. The quantitative estimate of drug-likeness (QED) is 0.646. The lowest BCUT2D eigenvalue weighted by molar-refractivity contribution is 0.103. The summed E-state index contributed by atoms with van der Waals surface area (Å²) in [5.74, 6) is 0.0622. The molecule has 5 heteroatoms. The number of rotatable bonds is 0. The fraction of sp³-hybridized carbons (Fsp3) is 0.105. The van der Waals surface area contributed by atoms with Gasteiger partial charge in [-0.25, -0.2) is 4.98 Å². The predicted octanol–water partition coefficient (Wildman–Crippen LogP) is 2.90. The number of carbonyl (C=O) groups is 1. The van der Waals surface area contributed by atoms with Crippen molar-refractivity contribution in [1.29, 1.82) is 0 Å². The van der Waals surface area contributed by atoms with E-state index in [0.717, 1.165) is 27.4 Å². The molecule has 3 heterocycles. The number of ketones is 1. The van der Waals surface area contributed by atoms with Crippen LogP contribution < -0.4 is 0 Å². The average Bonchev–Trinajstić information content (AvgIpc) is 2.60. The van der Waals surface area contributed by atoms with Gasteiger partial charge in [-0.15, -0.1) is 0 Å². The molecule has 0 amide bonds. The number of para-hydroxylation sites is 1. The van der Waals surface area contributed by atoms with Gasteiger partial charge >= 0.3 is 0 Å². The predicted molar refractivity (Wildman–Crippen MR) is 91.7 cm³/mol. The number of nitrogens with zero attached hydrogens (tertiary/aromatic N) is 3. The minimum absolute atomic E-state index is 0.0767. The lowest BCUT2D eigenvalue weighted by atomic mass is 9.84. The van der Waals surface area contributed by atoms with Crippen LogP contribution in [0.1, 0.15) is 16.2 Å². The van der Waals surface area contributed by atoms with Crippen molar-refractivity contribution < 1.29 is 9.90 Å². The Hall–Kier alpha value is -3.21. The molecule has 0 unspecified atom stereocenters. The Bertz CT molecular complexity index is 1130. The number of hydrogen-bond donors (Lipinski definition) is 1. The molecule has 1 aliphatic carbocycles. The minimum atomic E-state index is -0.0767. The minimum Gasteiger partial charge on any atom is -0.506 e. The number of fused-ring (bicyclic) bond motifs is 4. The topological polar surface area (TPSA) is 66.3 Å². The number of phenolic OH excluding ortho intramolecular Hbond substituents is 1. The maximum absolute atomic E-state index is 12.9. The van der Waals surface area contributed by atoms with Gasteiger partial charge in [0.05, 0.1) is 5.69 Å². The first-order chi connectivity index (χ1) is 11.6. The second-order valence-corrected chi connectivity index (χ2v) is 6.15. The summed E-state index contributed by atoms with van der Waals surface area (Å²) in [4.78, 5) is 23.9. The number of likely N-dealkylation sites (N-methyl/N-ethyl adjacent to an activating group) is 1. The average molecular weight is 315 g/mol. The van der Waals surface area contributed by atoms with Crippen molar-refractivity contribution in [3.8, 4) is 5.75 Å². The highest BCUT2D eigenvalue weighted by Crippen LogP contribution is 2.42. The molecule has 0 fully saturated rings. The standard InChI is InChI=1S/C19H13N3O2/c1-22-8-6-12-13(9-22)19(24)18-15-10(5-7-20-18)11-3-2-4-14(23)16(11)21-17(12)15/h2-7,9,23H,8H2,1H3. The zero-order chi connectivity index (χ0) is 16.4. The van der Waals surface area contributed by atoms with Crippen LogP contribution >= 0.6 is 0 Å². The lowest BCUT2D eigenvalue weighted by Gasteiger charge is -2.27. The highest BCUT2D eigenvalue weighted by molar-refractivity contribution is 6.30. The third-order valence-electron chi connectivity index (χ3n) is 4.65. The van der Waals surface area contributed by atoms with Crippen LogP contribution in [0.5, 0.6) is 5.75 Å². The van der Waals surface area contributed by atoms with E-state index in [-0.39, 0.29) is 11.5 Å². The Balaban J connectivity index is 2.02. The summed E-state index contributed by atoms with van der Waals surface area (Å²) >= 11 is 0. The van der Waals surface area contributed by atoms with E-state index in [1.807, 2.05) is 36.4 Å². The van der Waals surface area contributed by atoms with Crippen molar-refractivity contribution in [3.05, 3.63) is 59.7 Å². The molecule has 0 saturated carbocycles. The van der Waals surface area contributed by atoms with Crippen molar-refractivity contribution in [1.82, 2.24) is 14.9 Å². The van der Waals surface area contributed by atoms with Crippen molar-refractivity contribution >= 4 is 33.0 Å². The smallest absolute Gasteiger partial charge is 0.214 e. The normalized spacial score (nSPS) is 16.2. The van der Waals surface area contributed by atoms with Crippen LogP contribution in [0, 0.1) is 0 Å². The third kappa shape index (κ3) is 1.56. The number of aromatic hydroxyl groups is 1. The highest BCUT2D eigenvalue weighted by Gasteiger charge is 2.32. The van der Waals surface area contributed by atoms with Crippen molar-refractivity contribution in [2.24, 2.45) is 0 Å². The number of hydrogen-bond acceptors (Lipinski definition) is 5. The van der Waals surface area contributed by atoms with Crippen molar-refractivity contribution in [3.63, 3.8) is 0 Å². The van der Waals surface area contributed by atoms with E-state index in [1.165, 1.54) is 0 Å². The van der Waals surface area contributed by atoms with Crippen LogP contribution in [0.4, 0.5) is 0 Å². The summed E-state index contributed by atoms with van der Waals surface area (Å²) in [6.07, 6.45) is 5.50. The van der Waals surface area contributed by atoms with Gasteiger partial charge in [0.1, 0.15) is 17.0 Å². The van der Waals surface area contributed by atoms with Gasteiger partial charge in [0.2, 0.25) is 5.78 Å². The summed E-state index contributed by atoms with van der Waals surface area (Å²) in [6, 6.07) is 7.20. The zero-order valence-electron chi connectivity index (χ0n) is 12.9. The fourth-order valence-corrected chi connectivity index (χ4v) is 3.55. The van der Waals surface area contributed by atoms with Crippen LogP contribution in [0.2, 0.25) is 0 Å². The van der Waals surface area contributed by atoms with E-state index in [2.05, 4.69) is 4.98 Å². The number of allylic oxidation sites excluding steroid dienone is 2. The fourth-order valence-electron chi connectivity index (χ4n) is 3.55. The van der Waals surface area contributed by atoms with Gasteiger partial charge < -0.3 is 10.0 Å². The van der Waals surface area contributed by atoms with Crippen LogP contribution in [0.3, 0.4) is 0 Å². The van der Waals surface area contributed by atoms with Crippen LogP contribution in [-0.2, 0) is 0 Å². The molecule has 0 radical (unpaired) electrons. The first-order valence-electron chi connectivity index (χ1n) is 7.73. The van der Waals surface area contributed by atoms with Gasteiger partial charge in [-0.05, 0) is 17.5 Å². The van der Waals surface area contributed by atoms with Crippen LogP contribution in [0.25, 0.3) is 27.2 Å². The number of pyridine rings is 2. The number of carbonyl (C=O) groups excluding carboxylic acids is 1. The van der Waals surface area contributed by atoms with Gasteiger partial charge in [0, 0.05) is 47.9 Å². The Morgan fingerprint density at radius 1 is 1.12 bits per heavy atom. The molecule has 1 aromatic carbocycles. The van der Waals surface area contributed by atoms with E-state index in [0.29, 0.717) is 23.3 Å². The highest BCUT2D eigenvalue weighted by atomic mass is 16.3. The molecule has 2 aliphatic rings. The second kappa shape index (κ2) is 4.41. The zero-order valence-corrected chi connectivity index (χ0v) is 12.9. The maximum atomic E-state index is 12.9. The first kappa shape index (κ1) is 13.2. The number of phenols is 1. The molecule has 0 bridgehead atoms. The largest absolute Gasteiger partial charge is 0.506 e. The molecule has 0 saturated heterocycles. The van der Waals surface area contributed by atoms with Gasteiger partial charge in [0.15, 0.2) is 0 Å². The molecule has 3 aromatic rings. The molecule has 1 aliphatic heterocycles. The molecule has 1 N–H and O–H groups in total. The number of benzene rings is 1. The molecule has 116 valence electrons. The summed E-state index contributed by atoms with van der Waals surface area (Å²) in [5.41, 5.74) is 3.14. The molecule has 0 spiro atoms. The molecular weight excluding hydrogens is 302 g/mol. The van der Waals surface area contributed by atoms with E-state index in [1.54, 1.807) is 18.3 Å². The summed E-state index contributed by atoms with van der Waals surface area (Å²) < 4.78 is 0. The number of aromatic nitrogens is 2. The Morgan fingerprint density at radius 2 is 2.00 bits per heavy atom. The Labute approximate surface area is 137 Å². The van der Waals surface area contributed by atoms with E-state index < -0.39 is 0 Å². The number of Topliss-reactive ketones (excluding diaryl/α,β-unsaturated/α-hetero) is 1. The maximum Gasteiger partial charge on any atom is 0.214 e. The Morgan fingerprint density at radius 3 is 2.88 bits per heavy atom. The van der Waals surface area contributed by atoms with E-state index >= 15 is 0 Å². The van der Waals surface area contributed by atoms with Gasteiger partial charge in [-0.3, -0.25) is 9.78 Å². The van der Waals surface area contributed by atoms with Crippen LogP contribution in [0.15, 0.2) is 48.3 Å². The lowest BCUT2D eigenvalue weighted by Crippen LogP contribution is -2.24. The summed E-state index contributed by atoms with van der Waals surface area (Å²) in [6.45, 7) is 0.712. The summed E-state index contributed by atoms with van der Waals surface area (Å²) in [5, 5.41) is 12.7. The molecular formula is C19H13N3O2. The first-order valence-corrected chi connectivity index (χ1v) is 7.73. The Kier molecular flexibility index (Phi) is 2.44. The third-order valence-corrected chi connectivity index (χ3v) is 4.65. The second-order valence-electron chi connectivity index (χ2n) is 6.15. The van der Waals surface area contributed by atoms with Crippen molar-refractivity contribution in [2.75, 3.05) is 13.6 Å². The van der Waals surface area contributed by atoms with E-state index in [9.17, 15) is 9.90 Å². The van der Waals surface area contributed by atoms with E-state index in [4.69, 9.17) is 4.98 Å². The van der Waals surface area contributed by atoms with Crippen LogP contribution in [-0.4, -0.2) is 39.4 Å². The van der Waals surface area contributed by atoms with Gasteiger partial charge in [0.25, 0.3) is 0 Å². The van der Waals surface area contributed by atoms with Crippen molar-refractivity contribution in [2.45, 2.75) is 0 Å². The SMILES string of the molecule is CN1C=C2C(=O)c3nccc4c3c(nc3c(O)cccc34)C2=CC1. The van der Waals surface area contributed by atoms with Gasteiger partial charge in [-0.1, -0.05) is 18.2 Å². The van der Waals surface area contributed by atoms with Gasteiger partial charge in [-0.2, -0.15) is 0 Å². The molecule has 0 atom stereocenters. The molecule has 5 rings (SSSR count). The summed E-state index contributed by atoms with van der Waals surface area (Å²) in [7, 11) is 1.93. The molecule has 5 nitrogen and oxygen atoms in total. The molecule has 24 heavy (non-hydrogen) atoms. The monoisotopic (exact) mass is 315 g/mol.